The molecule has 0 atom stereocenters. The van der Waals surface area contributed by atoms with E-state index in [0.29, 0.717) is 43.4 Å². The Kier molecular flexibility index (Phi) is 7.04. The summed E-state index contributed by atoms with van der Waals surface area (Å²) in [5, 5.41) is 2.79. The number of amides is 1. The number of carbonyl (C=O) groups excluding carboxylic acids is 2. The smallest absolute Gasteiger partial charge is 0.225 e. The van der Waals surface area contributed by atoms with Crippen molar-refractivity contribution in [3.63, 3.8) is 0 Å². The molecule has 1 aliphatic rings. The molecular formula is C18H26N2O3. The van der Waals surface area contributed by atoms with Gasteiger partial charge in [-0.05, 0) is 44.2 Å². The van der Waals surface area contributed by atoms with E-state index in [1.165, 1.54) is 39.0 Å². The monoisotopic (exact) mass is 318 g/mol. The van der Waals surface area contributed by atoms with Gasteiger partial charge in [0.15, 0.2) is 11.6 Å². The van der Waals surface area contributed by atoms with Crippen molar-refractivity contribution in [2.75, 3.05) is 11.9 Å². The minimum absolute atomic E-state index is 0.104. The fourth-order valence-electron chi connectivity index (χ4n) is 2.85. The Hall–Kier alpha value is -1.91. The molecule has 1 aromatic heterocycles. The second-order valence-electron chi connectivity index (χ2n) is 6.27. The summed E-state index contributed by atoms with van der Waals surface area (Å²) in [6.07, 6.45) is 9.26. The Morgan fingerprint density at radius 1 is 1.26 bits per heavy atom. The minimum atomic E-state index is -0.132. The zero-order valence-corrected chi connectivity index (χ0v) is 13.8. The van der Waals surface area contributed by atoms with Gasteiger partial charge < -0.3 is 14.8 Å². The maximum atomic E-state index is 11.9. The molecule has 1 heterocycles. The summed E-state index contributed by atoms with van der Waals surface area (Å²) in [4.78, 5) is 27.0. The van der Waals surface area contributed by atoms with E-state index in [0.717, 1.165) is 0 Å². The molecule has 23 heavy (non-hydrogen) atoms. The summed E-state index contributed by atoms with van der Waals surface area (Å²) in [7, 11) is 0. The van der Waals surface area contributed by atoms with Crippen molar-refractivity contribution in [2.24, 2.45) is 5.92 Å². The van der Waals surface area contributed by atoms with Gasteiger partial charge in [-0.25, -0.2) is 4.98 Å². The van der Waals surface area contributed by atoms with Crippen LogP contribution in [0.2, 0.25) is 0 Å². The number of nitrogens with one attached hydrogen (secondary N) is 1. The lowest BCUT2D eigenvalue weighted by molar-refractivity contribution is -0.117. The molecule has 0 bridgehead atoms. The second kappa shape index (κ2) is 9.28. The number of anilines is 1. The van der Waals surface area contributed by atoms with Crippen LogP contribution in [0.4, 0.5) is 5.82 Å². The van der Waals surface area contributed by atoms with Crippen LogP contribution in [0.15, 0.2) is 18.3 Å². The highest BCUT2D eigenvalue weighted by Crippen LogP contribution is 2.27. The Morgan fingerprint density at radius 3 is 2.78 bits per heavy atom. The van der Waals surface area contributed by atoms with Crippen LogP contribution >= 0.6 is 0 Å². The summed E-state index contributed by atoms with van der Waals surface area (Å²) < 4.78 is 5.89. The average molecular weight is 318 g/mol. The molecule has 0 unspecified atom stereocenters. The predicted molar refractivity (Wildman–Crippen MR) is 89.5 cm³/mol. The third-order valence-corrected chi connectivity index (χ3v) is 4.16. The van der Waals surface area contributed by atoms with E-state index in [1.54, 1.807) is 6.20 Å². The third kappa shape index (κ3) is 6.38. The number of rotatable bonds is 8. The van der Waals surface area contributed by atoms with Crippen LogP contribution in [-0.4, -0.2) is 23.3 Å². The minimum Gasteiger partial charge on any atom is -0.489 e. The second-order valence-corrected chi connectivity index (χ2v) is 6.27. The molecule has 0 saturated heterocycles. The highest BCUT2D eigenvalue weighted by atomic mass is 16.5. The summed E-state index contributed by atoms with van der Waals surface area (Å²) in [6, 6.07) is 3.64. The summed E-state index contributed by atoms with van der Waals surface area (Å²) in [5.74, 6) is 1.66. The van der Waals surface area contributed by atoms with Crippen LogP contribution < -0.4 is 10.1 Å². The molecule has 1 saturated carbocycles. The van der Waals surface area contributed by atoms with Crippen molar-refractivity contribution in [1.82, 2.24) is 4.98 Å². The van der Waals surface area contributed by atoms with Crippen molar-refractivity contribution in [3.05, 3.63) is 18.3 Å². The lowest BCUT2D eigenvalue weighted by atomic mass is 9.90. The Bertz CT molecular complexity index is 525. The summed E-state index contributed by atoms with van der Waals surface area (Å²) in [6.45, 7) is 2.22. The van der Waals surface area contributed by atoms with Gasteiger partial charge in [-0.15, -0.1) is 0 Å². The standard InChI is InChI=1S/C18H26N2O3/c1-14(21)7-5-11-17(22)20-18-16(10-6-12-19-18)23-13-15-8-3-2-4-9-15/h6,10,12,15H,2-5,7-9,11,13H2,1H3,(H,19,20,22). The van der Waals surface area contributed by atoms with Crippen LogP contribution in [0.1, 0.15) is 58.3 Å². The molecule has 5 nitrogen and oxygen atoms in total. The first kappa shape index (κ1) is 17.4. The first-order chi connectivity index (χ1) is 11.1. The summed E-state index contributed by atoms with van der Waals surface area (Å²) >= 11 is 0. The van der Waals surface area contributed by atoms with Crippen molar-refractivity contribution >= 4 is 17.5 Å². The first-order valence-electron chi connectivity index (χ1n) is 8.52. The van der Waals surface area contributed by atoms with Gasteiger partial charge in [-0.1, -0.05) is 19.3 Å². The fraction of sp³-hybridized carbons (Fsp3) is 0.611. The van der Waals surface area contributed by atoms with Crippen LogP contribution in [0.3, 0.4) is 0 Å². The number of aromatic nitrogens is 1. The molecule has 2 rings (SSSR count). The van der Waals surface area contributed by atoms with Crippen LogP contribution in [0, 0.1) is 5.92 Å². The zero-order valence-electron chi connectivity index (χ0n) is 13.8. The molecule has 0 spiro atoms. The van der Waals surface area contributed by atoms with E-state index in [1.807, 2.05) is 12.1 Å². The normalized spacial score (nSPS) is 15.2. The first-order valence-corrected chi connectivity index (χ1v) is 8.52. The number of hydrogen-bond acceptors (Lipinski definition) is 4. The van der Waals surface area contributed by atoms with E-state index >= 15 is 0 Å². The predicted octanol–water partition coefficient (Wildman–Crippen LogP) is 3.74. The van der Waals surface area contributed by atoms with Crippen molar-refractivity contribution in [1.29, 1.82) is 0 Å². The topological polar surface area (TPSA) is 68.3 Å². The lowest BCUT2D eigenvalue weighted by Gasteiger charge is -2.22. The van der Waals surface area contributed by atoms with Gasteiger partial charge in [-0.2, -0.15) is 0 Å². The average Bonchev–Trinajstić information content (AvgIpc) is 2.54. The maximum absolute atomic E-state index is 11.9. The van der Waals surface area contributed by atoms with Gasteiger partial charge in [0.25, 0.3) is 0 Å². The highest BCUT2D eigenvalue weighted by Gasteiger charge is 2.15. The number of Topliss-reactive ketones (excluding diaryl/α,β-unsaturated/α-hetero) is 1. The molecule has 1 aliphatic carbocycles. The van der Waals surface area contributed by atoms with Crippen LogP contribution in [0.25, 0.3) is 0 Å². The highest BCUT2D eigenvalue weighted by molar-refractivity contribution is 5.91. The molecule has 0 aromatic carbocycles. The van der Waals surface area contributed by atoms with Crippen LogP contribution in [0.5, 0.6) is 5.75 Å². The Balaban J connectivity index is 1.83. The molecule has 0 radical (unpaired) electrons. The molecule has 5 heteroatoms. The van der Waals surface area contributed by atoms with Gasteiger partial charge >= 0.3 is 0 Å². The van der Waals surface area contributed by atoms with Crippen molar-refractivity contribution < 1.29 is 14.3 Å². The maximum Gasteiger partial charge on any atom is 0.225 e. The van der Waals surface area contributed by atoms with Gasteiger partial charge in [0.2, 0.25) is 5.91 Å². The number of hydrogen-bond donors (Lipinski definition) is 1. The van der Waals surface area contributed by atoms with Crippen LogP contribution in [-0.2, 0) is 9.59 Å². The number of nitrogens with zero attached hydrogens (tertiary/aromatic N) is 1. The molecule has 1 fully saturated rings. The molecule has 126 valence electrons. The Labute approximate surface area is 137 Å². The SMILES string of the molecule is CC(=O)CCCC(=O)Nc1ncccc1OCC1CCCCC1. The van der Waals surface area contributed by atoms with Crippen molar-refractivity contribution in [3.8, 4) is 5.75 Å². The number of pyridine rings is 1. The van der Waals surface area contributed by atoms with E-state index in [4.69, 9.17) is 4.74 Å². The Morgan fingerprint density at radius 2 is 2.04 bits per heavy atom. The zero-order chi connectivity index (χ0) is 16.5. The van der Waals surface area contributed by atoms with Gasteiger partial charge in [0.1, 0.15) is 5.78 Å². The van der Waals surface area contributed by atoms with E-state index < -0.39 is 0 Å². The molecule has 0 aliphatic heterocycles. The quantitative estimate of drug-likeness (QED) is 0.793. The van der Waals surface area contributed by atoms with E-state index in [2.05, 4.69) is 10.3 Å². The van der Waals surface area contributed by atoms with Gasteiger partial charge in [0, 0.05) is 19.0 Å². The largest absolute Gasteiger partial charge is 0.489 e. The fourth-order valence-corrected chi connectivity index (χ4v) is 2.85. The molecular weight excluding hydrogens is 292 g/mol. The summed E-state index contributed by atoms with van der Waals surface area (Å²) in [5.41, 5.74) is 0. The third-order valence-electron chi connectivity index (χ3n) is 4.16. The number of ether oxygens (including phenoxy) is 1. The van der Waals surface area contributed by atoms with Crippen molar-refractivity contribution in [2.45, 2.75) is 58.3 Å². The molecule has 1 amide bonds. The van der Waals surface area contributed by atoms with Gasteiger partial charge in [0.05, 0.1) is 6.61 Å². The molecule has 1 aromatic rings. The lowest BCUT2D eigenvalue weighted by Crippen LogP contribution is -2.17. The number of carbonyl (C=O) groups is 2. The van der Waals surface area contributed by atoms with E-state index in [9.17, 15) is 9.59 Å². The van der Waals surface area contributed by atoms with E-state index in [-0.39, 0.29) is 11.7 Å². The van der Waals surface area contributed by atoms with Gasteiger partial charge in [-0.3, -0.25) is 4.79 Å². The molecule has 1 N–H and O–H groups in total. The number of ketones is 1.